The Kier molecular flexibility index (Phi) is 6.29. The summed E-state index contributed by atoms with van der Waals surface area (Å²) in [4.78, 5) is 0. The SMILES string of the molecule is CCCCCC1CCC(c2cc(F)c(-c3ccc(O)cc3)c(F)c2)CC1. The van der Waals surface area contributed by atoms with Crippen molar-refractivity contribution in [3.05, 3.63) is 53.6 Å². The summed E-state index contributed by atoms with van der Waals surface area (Å²) in [6, 6.07) is 8.99. The smallest absolute Gasteiger partial charge is 0.134 e. The zero-order valence-electron chi connectivity index (χ0n) is 15.5. The molecule has 26 heavy (non-hydrogen) atoms. The fourth-order valence-corrected chi connectivity index (χ4v) is 4.20. The van der Waals surface area contributed by atoms with Gasteiger partial charge >= 0.3 is 0 Å². The molecule has 0 spiro atoms. The number of hydrogen-bond acceptors (Lipinski definition) is 1. The fraction of sp³-hybridized carbons (Fsp3) is 0.478. The van der Waals surface area contributed by atoms with Gasteiger partial charge in [0.15, 0.2) is 0 Å². The van der Waals surface area contributed by atoms with Crippen LogP contribution in [0.5, 0.6) is 5.75 Å². The molecule has 2 aromatic carbocycles. The number of halogens is 2. The van der Waals surface area contributed by atoms with Gasteiger partial charge in [-0.05, 0) is 72.9 Å². The molecule has 1 saturated carbocycles. The van der Waals surface area contributed by atoms with E-state index in [1.54, 1.807) is 0 Å². The van der Waals surface area contributed by atoms with E-state index in [0.29, 0.717) is 5.56 Å². The van der Waals surface area contributed by atoms with Gasteiger partial charge in [0.25, 0.3) is 0 Å². The van der Waals surface area contributed by atoms with E-state index in [4.69, 9.17) is 0 Å². The van der Waals surface area contributed by atoms with E-state index in [0.717, 1.165) is 37.2 Å². The maximum atomic E-state index is 14.6. The molecule has 0 atom stereocenters. The Morgan fingerprint density at radius 1 is 0.923 bits per heavy atom. The third-order valence-electron chi connectivity index (χ3n) is 5.75. The Hall–Kier alpha value is -1.90. The van der Waals surface area contributed by atoms with E-state index in [9.17, 15) is 13.9 Å². The second-order valence-corrected chi connectivity index (χ2v) is 7.62. The monoisotopic (exact) mass is 358 g/mol. The molecular weight excluding hydrogens is 330 g/mol. The van der Waals surface area contributed by atoms with E-state index in [2.05, 4.69) is 6.92 Å². The van der Waals surface area contributed by atoms with E-state index in [1.165, 1.54) is 62.1 Å². The molecule has 1 aliphatic rings. The summed E-state index contributed by atoms with van der Waals surface area (Å²) in [5.74, 6) is 0.0902. The molecule has 0 unspecified atom stereocenters. The second-order valence-electron chi connectivity index (χ2n) is 7.62. The molecule has 0 heterocycles. The maximum absolute atomic E-state index is 14.6. The van der Waals surface area contributed by atoms with Crippen molar-refractivity contribution >= 4 is 0 Å². The van der Waals surface area contributed by atoms with E-state index in [-0.39, 0.29) is 17.2 Å². The second kappa shape index (κ2) is 8.66. The van der Waals surface area contributed by atoms with Gasteiger partial charge in [-0.15, -0.1) is 0 Å². The molecule has 0 bridgehead atoms. The standard InChI is InChI=1S/C23H28F2O/c1-2-3-4-5-16-6-8-17(9-7-16)19-14-21(24)23(22(25)15-19)18-10-12-20(26)13-11-18/h10-17,26H,2-9H2,1H3. The Labute approximate surface area is 155 Å². The zero-order valence-corrected chi connectivity index (χ0v) is 15.5. The van der Waals surface area contributed by atoms with Gasteiger partial charge in [-0.2, -0.15) is 0 Å². The summed E-state index contributed by atoms with van der Waals surface area (Å²) in [5.41, 5.74) is 1.22. The summed E-state index contributed by atoms with van der Waals surface area (Å²) in [6.45, 7) is 2.22. The predicted octanol–water partition coefficient (Wildman–Crippen LogP) is 7.19. The lowest BCUT2D eigenvalue weighted by Crippen LogP contribution is -2.14. The molecule has 3 heteroatoms. The van der Waals surface area contributed by atoms with Crippen molar-refractivity contribution in [2.45, 2.75) is 64.2 Å². The lowest BCUT2D eigenvalue weighted by atomic mass is 9.77. The van der Waals surface area contributed by atoms with Gasteiger partial charge in [-0.25, -0.2) is 8.78 Å². The lowest BCUT2D eigenvalue weighted by Gasteiger charge is -2.29. The van der Waals surface area contributed by atoms with Crippen molar-refractivity contribution in [1.82, 2.24) is 0 Å². The van der Waals surface area contributed by atoms with Crippen LogP contribution in [0.25, 0.3) is 11.1 Å². The highest BCUT2D eigenvalue weighted by Crippen LogP contribution is 2.39. The first-order valence-electron chi connectivity index (χ1n) is 9.86. The first-order chi connectivity index (χ1) is 12.6. The molecule has 1 fully saturated rings. The molecule has 1 aliphatic carbocycles. The number of benzene rings is 2. The first-order valence-corrected chi connectivity index (χ1v) is 9.86. The highest BCUT2D eigenvalue weighted by molar-refractivity contribution is 5.66. The molecule has 0 aliphatic heterocycles. The van der Waals surface area contributed by atoms with Crippen LogP contribution < -0.4 is 0 Å². The van der Waals surface area contributed by atoms with E-state index in [1.807, 2.05) is 0 Å². The Morgan fingerprint density at radius 2 is 1.54 bits per heavy atom. The van der Waals surface area contributed by atoms with Gasteiger partial charge in [0.05, 0.1) is 5.56 Å². The molecule has 140 valence electrons. The van der Waals surface area contributed by atoms with Gasteiger partial charge in [0.1, 0.15) is 17.4 Å². The number of hydrogen-bond donors (Lipinski definition) is 1. The third kappa shape index (κ3) is 4.44. The minimum Gasteiger partial charge on any atom is -0.508 e. The Balaban J connectivity index is 1.70. The Bertz CT molecular complexity index is 692. The summed E-state index contributed by atoms with van der Waals surface area (Å²) in [7, 11) is 0. The largest absolute Gasteiger partial charge is 0.508 e. The van der Waals surface area contributed by atoms with Crippen LogP contribution in [0.3, 0.4) is 0 Å². The van der Waals surface area contributed by atoms with Crippen LogP contribution >= 0.6 is 0 Å². The molecule has 3 rings (SSSR count). The molecule has 1 N–H and O–H groups in total. The summed E-state index contributed by atoms with van der Waals surface area (Å²) in [5, 5.41) is 9.36. The predicted molar refractivity (Wildman–Crippen MR) is 102 cm³/mol. The van der Waals surface area contributed by atoms with Crippen LogP contribution in [0.4, 0.5) is 8.78 Å². The number of phenols is 1. The Morgan fingerprint density at radius 3 is 2.12 bits per heavy atom. The van der Waals surface area contributed by atoms with Crippen molar-refractivity contribution in [2.75, 3.05) is 0 Å². The average molecular weight is 358 g/mol. The van der Waals surface area contributed by atoms with Crippen LogP contribution in [0, 0.1) is 17.6 Å². The van der Waals surface area contributed by atoms with Gasteiger partial charge < -0.3 is 5.11 Å². The normalized spacial score (nSPS) is 20.3. The van der Waals surface area contributed by atoms with E-state index < -0.39 is 11.6 Å². The van der Waals surface area contributed by atoms with Crippen LogP contribution in [-0.2, 0) is 0 Å². The average Bonchev–Trinajstić information content (AvgIpc) is 2.63. The van der Waals surface area contributed by atoms with Gasteiger partial charge in [-0.1, -0.05) is 44.7 Å². The quantitative estimate of drug-likeness (QED) is 0.542. The van der Waals surface area contributed by atoms with Crippen molar-refractivity contribution in [3.8, 4) is 16.9 Å². The molecular formula is C23H28F2O. The number of unbranched alkanes of at least 4 members (excludes halogenated alkanes) is 2. The van der Waals surface area contributed by atoms with Gasteiger partial charge in [0, 0.05) is 0 Å². The van der Waals surface area contributed by atoms with Crippen molar-refractivity contribution < 1.29 is 13.9 Å². The third-order valence-corrected chi connectivity index (χ3v) is 5.75. The zero-order chi connectivity index (χ0) is 18.5. The van der Waals surface area contributed by atoms with Gasteiger partial charge in [-0.3, -0.25) is 0 Å². The fourth-order valence-electron chi connectivity index (χ4n) is 4.20. The van der Waals surface area contributed by atoms with Crippen molar-refractivity contribution in [2.24, 2.45) is 5.92 Å². The van der Waals surface area contributed by atoms with Crippen LogP contribution in [0.2, 0.25) is 0 Å². The summed E-state index contributed by atoms with van der Waals surface area (Å²) < 4.78 is 29.3. The van der Waals surface area contributed by atoms with Crippen LogP contribution in [0.1, 0.15) is 69.8 Å². The van der Waals surface area contributed by atoms with E-state index >= 15 is 0 Å². The maximum Gasteiger partial charge on any atom is 0.134 e. The molecule has 0 amide bonds. The summed E-state index contributed by atoms with van der Waals surface area (Å²) in [6.07, 6.45) is 9.52. The topological polar surface area (TPSA) is 20.2 Å². The lowest BCUT2D eigenvalue weighted by molar-refractivity contribution is 0.302. The van der Waals surface area contributed by atoms with Crippen molar-refractivity contribution in [1.29, 1.82) is 0 Å². The van der Waals surface area contributed by atoms with Crippen LogP contribution in [-0.4, -0.2) is 5.11 Å². The first kappa shape index (κ1) is 18.9. The van der Waals surface area contributed by atoms with Crippen LogP contribution in [0.15, 0.2) is 36.4 Å². The minimum atomic E-state index is -0.518. The number of aromatic hydroxyl groups is 1. The van der Waals surface area contributed by atoms with Gasteiger partial charge in [0.2, 0.25) is 0 Å². The van der Waals surface area contributed by atoms with Crippen molar-refractivity contribution in [3.63, 3.8) is 0 Å². The number of phenolic OH excluding ortho intramolecular Hbond substituents is 1. The molecule has 0 radical (unpaired) electrons. The number of rotatable bonds is 6. The molecule has 0 aromatic heterocycles. The molecule has 2 aromatic rings. The molecule has 0 saturated heterocycles. The summed E-state index contributed by atoms with van der Waals surface area (Å²) >= 11 is 0. The molecule has 1 nitrogen and oxygen atoms in total. The highest BCUT2D eigenvalue weighted by atomic mass is 19.1. The highest BCUT2D eigenvalue weighted by Gasteiger charge is 2.24. The minimum absolute atomic E-state index is 0.0120.